The first-order chi connectivity index (χ1) is 10.3. The average Bonchev–Trinajstić information content (AvgIpc) is 2.54. The number of nitrogens with one attached hydrogen (secondary N) is 2. The number of aromatic nitrogens is 1. The lowest BCUT2D eigenvalue weighted by Gasteiger charge is -2.21. The Morgan fingerprint density at radius 1 is 1.24 bits per heavy atom. The van der Waals surface area contributed by atoms with Crippen molar-refractivity contribution in [2.45, 2.75) is 51.2 Å². The van der Waals surface area contributed by atoms with Crippen LogP contribution < -0.4 is 10.6 Å². The summed E-state index contributed by atoms with van der Waals surface area (Å²) in [5.74, 6) is 0. The molecule has 0 atom stereocenters. The molecule has 0 aromatic carbocycles. The fraction of sp³-hybridized carbons (Fsp3) is 0.625. The molecule has 0 unspecified atom stereocenters. The molecule has 0 spiro atoms. The second kappa shape index (κ2) is 9.34. The van der Waals surface area contributed by atoms with Crippen LogP contribution in [0.1, 0.15) is 44.2 Å². The van der Waals surface area contributed by atoms with Crippen LogP contribution >= 0.6 is 0 Å². The topological polar surface area (TPSA) is 63.2 Å². The van der Waals surface area contributed by atoms with Crippen LogP contribution in [0.3, 0.4) is 0 Å². The van der Waals surface area contributed by atoms with Crippen LogP contribution in [-0.4, -0.2) is 30.3 Å². The highest BCUT2D eigenvalue weighted by molar-refractivity contribution is 5.73. The standard InChI is InChI=1S/C16H25N3O2/c20-16(19-13-14-7-4-5-10-17-14)18-11-6-12-21-15-8-2-1-3-9-15/h4-5,7,10,15H,1-3,6,8-9,11-13H2,(H2,18,19,20). The maximum absolute atomic E-state index is 11.6. The van der Waals surface area contributed by atoms with Gasteiger partial charge in [-0.15, -0.1) is 0 Å². The summed E-state index contributed by atoms with van der Waals surface area (Å²) in [6.07, 6.45) is 9.33. The van der Waals surface area contributed by atoms with E-state index in [1.54, 1.807) is 6.20 Å². The zero-order valence-electron chi connectivity index (χ0n) is 12.5. The van der Waals surface area contributed by atoms with Gasteiger partial charge in [0.05, 0.1) is 18.3 Å². The quantitative estimate of drug-likeness (QED) is 0.759. The summed E-state index contributed by atoms with van der Waals surface area (Å²) in [6, 6.07) is 5.50. The van der Waals surface area contributed by atoms with E-state index in [0.717, 1.165) is 18.7 Å². The summed E-state index contributed by atoms with van der Waals surface area (Å²) in [5, 5.41) is 5.62. The Labute approximate surface area is 126 Å². The lowest BCUT2D eigenvalue weighted by molar-refractivity contribution is 0.0275. The van der Waals surface area contributed by atoms with Crippen molar-refractivity contribution < 1.29 is 9.53 Å². The number of ether oxygens (including phenoxy) is 1. The van der Waals surface area contributed by atoms with Gasteiger partial charge in [0.15, 0.2) is 0 Å². The third kappa shape index (κ3) is 6.58. The molecule has 1 heterocycles. The van der Waals surface area contributed by atoms with Crippen LogP contribution in [0.2, 0.25) is 0 Å². The maximum atomic E-state index is 11.6. The van der Waals surface area contributed by atoms with E-state index in [0.29, 0.717) is 19.2 Å². The lowest BCUT2D eigenvalue weighted by Crippen LogP contribution is -2.36. The molecule has 1 aliphatic carbocycles. The van der Waals surface area contributed by atoms with Gasteiger partial charge in [0, 0.05) is 19.3 Å². The van der Waals surface area contributed by atoms with Crippen molar-refractivity contribution in [3.8, 4) is 0 Å². The molecular formula is C16H25N3O2. The molecule has 1 aromatic heterocycles. The van der Waals surface area contributed by atoms with Crippen molar-refractivity contribution in [3.05, 3.63) is 30.1 Å². The predicted molar refractivity (Wildman–Crippen MR) is 81.9 cm³/mol. The monoisotopic (exact) mass is 291 g/mol. The Morgan fingerprint density at radius 2 is 2.10 bits per heavy atom. The molecule has 1 aliphatic rings. The number of amides is 2. The Bertz CT molecular complexity index is 405. The van der Waals surface area contributed by atoms with Crippen molar-refractivity contribution in [2.24, 2.45) is 0 Å². The molecule has 5 heteroatoms. The lowest BCUT2D eigenvalue weighted by atomic mass is 9.98. The minimum atomic E-state index is -0.154. The van der Waals surface area contributed by atoms with Gasteiger partial charge in [0.2, 0.25) is 0 Å². The number of hydrogen-bond donors (Lipinski definition) is 2. The fourth-order valence-corrected chi connectivity index (χ4v) is 2.49. The van der Waals surface area contributed by atoms with Crippen LogP contribution in [0.4, 0.5) is 4.79 Å². The molecule has 2 rings (SSSR count). The van der Waals surface area contributed by atoms with Crippen molar-refractivity contribution in [1.29, 1.82) is 0 Å². The van der Waals surface area contributed by atoms with Crippen LogP contribution in [0.25, 0.3) is 0 Å². The summed E-state index contributed by atoms with van der Waals surface area (Å²) in [4.78, 5) is 15.7. The third-order valence-corrected chi connectivity index (χ3v) is 3.67. The minimum absolute atomic E-state index is 0.154. The molecule has 1 saturated carbocycles. The zero-order valence-corrected chi connectivity index (χ0v) is 12.5. The van der Waals surface area contributed by atoms with Gasteiger partial charge in [-0.25, -0.2) is 4.79 Å². The number of rotatable bonds is 7. The van der Waals surface area contributed by atoms with Gasteiger partial charge in [-0.3, -0.25) is 4.98 Å². The number of pyridine rings is 1. The van der Waals surface area contributed by atoms with E-state index < -0.39 is 0 Å². The second-order valence-electron chi connectivity index (χ2n) is 5.41. The predicted octanol–water partition coefficient (Wildman–Crippen LogP) is 2.62. The largest absolute Gasteiger partial charge is 0.378 e. The van der Waals surface area contributed by atoms with E-state index in [1.165, 1.54) is 32.1 Å². The first-order valence-corrected chi connectivity index (χ1v) is 7.88. The summed E-state index contributed by atoms with van der Waals surface area (Å²) >= 11 is 0. The summed E-state index contributed by atoms with van der Waals surface area (Å²) < 4.78 is 5.81. The number of carbonyl (C=O) groups excluding carboxylic acids is 1. The first kappa shape index (κ1) is 15.8. The molecular weight excluding hydrogens is 266 g/mol. The van der Waals surface area contributed by atoms with Crippen LogP contribution in [0, 0.1) is 0 Å². The van der Waals surface area contributed by atoms with Gasteiger partial charge >= 0.3 is 6.03 Å². The second-order valence-corrected chi connectivity index (χ2v) is 5.41. The number of carbonyl (C=O) groups is 1. The highest BCUT2D eigenvalue weighted by Crippen LogP contribution is 2.20. The van der Waals surface area contributed by atoms with Crippen LogP contribution in [0.15, 0.2) is 24.4 Å². The van der Waals surface area contributed by atoms with Gasteiger partial charge in [-0.2, -0.15) is 0 Å². The number of nitrogens with zero attached hydrogens (tertiary/aromatic N) is 1. The van der Waals surface area contributed by atoms with Crippen molar-refractivity contribution >= 4 is 6.03 Å². The molecule has 1 aromatic rings. The zero-order chi connectivity index (χ0) is 14.8. The van der Waals surface area contributed by atoms with Gasteiger partial charge < -0.3 is 15.4 Å². The molecule has 0 radical (unpaired) electrons. The normalized spacial score (nSPS) is 15.6. The van der Waals surface area contributed by atoms with Gasteiger partial charge in [0.25, 0.3) is 0 Å². The highest BCUT2D eigenvalue weighted by atomic mass is 16.5. The fourth-order valence-electron chi connectivity index (χ4n) is 2.49. The van der Waals surface area contributed by atoms with E-state index >= 15 is 0 Å². The first-order valence-electron chi connectivity index (χ1n) is 7.88. The number of hydrogen-bond acceptors (Lipinski definition) is 3. The highest BCUT2D eigenvalue weighted by Gasteiger charge is 2.12. The Kier molecular flexibility index (Phi) is 7.01. The van der Waals surface area contributed by atoms with Gasteiger partial charge in [-0.05, 0) is 31.4 Å². The molecule has 0 aliphatic heterocycles. The number of urea groups is 1. The summed E-state index contributed by atoms with van der Waals surface area (Å²) in [6.45, 7) is 1.82. The van der Waals surface area contributed by atoms with Gasteiger partial charge in [-0.1, -0.05) is 25.3 Å². The Morgan fingerprint density at radius 3 is 2.86 bits per heavy atom. The van der Waals surface area contributed by atoms with E-state index in [4.69, 9.17) is 4.74 Å². The minimum Gasteiger partial charge on any atom is -0.378 e. The van der Waals surface area contributed by atoms with Crippen molar-refractivity contribution in [1.82, 2.24) is 15.6 Å². The van der Waals surface area contributed by atoms with Crippen LogP contribution in [0.5, 0.6) is 0 Å². The Balaban J connectivity index is 1.47. The smallest absolute Gasteiger partial charge is 0.315 e. The molecule has 2 N–H and O–H groups in total. The van der Waals surface area contributed by atoms with E-state index in [-0.39, 0.29) is 6.03 Å². The summed E-state index contributed by atoms with van der Waals surface area (Å²) in [5.41, 5.74) is 0.855. The van der Waals surface area contributed by atoms with E-state index in [2.05, 4.69) is 15.6 Å². The van der Waals surface area contributed by atoms with E-state index in [1.807, 2.05) is 18.2 Å². The van der Waals surface area contributed by atoms with Gasteiger partial charge in [0.1, 0.15) is 0 Å². The van der Waals surface area contributed by atoms with E-state index in [9.17, 15) is 4.79 Å². The van der Waals surface area contributed by atoms with Crippen molar-refractivity contribution in [2.75, 3.05) is 13.2 Å². The average molecular weight is 291 g/mol. The third-order valence-electron chi connectivity index (χ3n) is 3.67. The molecule has 2 amide bonds. The molecule has 5 nitrogen and oxygen atoms in total. The molecule has 0 bridgehead atoms. The molecule has 21 heavy (non-hydrogen) atoms. The molecule has 116 valence electrons. The summed E-state index contributed by atoms with van der Waals surface area (Å²) in [7, 11) is 0. The van der Waals surface area contributed by atoms with Crippen molar-refractivity contribution in [3.63, 3.8) is 0 Å². The Hall–Kier alpha value is -1.62. The van der Waals surface area contributed by atoms with Crippen LogP contribution in [-0.2, 0) is 11.3 Å². The SMILES string of the molecule is O=C(NCCCOC1CCCCC1)NCc1ccccn1. The maximum Gasteiger partial charge on any atom is 0.315 e. The molecule has 1 fully saturated rings. The molecule has 0 saturated heterocycles.